The number of nitrogens with zero attached hydrogens (tertiary/aromatic N) is 1. The maximum absolute atomic E-state index is 4.53. The third kappa shape index (κ3) is 1.49. The molecule has 3 rings (SSSR count). The van der Waals surface area contributed by atoms with E-state index in [2.05, 4.69) is 28.4 Å². The van der Waals surface area contributed by atoms with E-state index in [1.165, 1.54) is 37.8 Å². The molecule has 1 aliphatic heterocycles. The topological polar surface area (TPSA) is 40.7 Å². The number of aromatic nitrogens is 2. The van der Waals surface area contributed by atoms with Crippen molar-refractivity contribution in [3.05, 3.63) is 17.7 Å². The van der Waals surface area contributed by atoms with Crippen LogP contribution < -0.4 is 5.32 Å². The fourth-order valence-electron chi connectivity index (χ4n) is 2.71. The minimum Gasteiger partial charge on any atom is -0.344 e. The van der Waals surface area contributed by atoms with Crippen molar-refractivity contribution in [2.75, 3.05) is 6.54 Å². The van der Waals surface area contributed by atoms with Crippen molar-refractivity contribution in [3.8, 4) is 0 Å². The molecular formula is C12H19N3. The molecule has 0 bridgehead atoms. The number of H-pyrrole nitrogens is 1. The van der Waals surface area contributed by atoms with Gasteiger partial charge in [-0.3, -0.25) is 0 Å². The third-order valence-electron chi connectivity index (χ3n) is 4.09. The Kier molecular flexibility index (Phi) is 2.09. The molecule has 82 valence electrons. The molecule has 2 heterocycles. The molecule has 0 amide bonds. The average molecular weight is 205 g/mol. The molecule has 15 heavy (non-hydrogen) atoms. The Bertz CT molecular complexity index is 346. The van der Waals surface area contributed by atoms with Crippen LogP contribution in [0, 0.1) is 0 Å². The molecule has 0 aromatic carbocycles. The lowest BCUT2D eigenvalue weighted by molar-refractivity contribution is 0.265. The average Bonchev–Trinajstić information content (AvgIpc) is 2.84. The predicted molar refractivity (Wildman–Crippen MR) is 59.8 cm³/mol. The van der Waals surface area contributed by atoms with Crippen LogP contribution >= 0.6 is 0 Å². The van der Waals surface area contributed by atoms with Crippen LogP contribution in [0.2, 0.25) is 0 Å². The summed E-state index contributed by atoms with van der Waals surface area (Å²) in [5.41, 5.74) is 1.74. The smallest absolute Gasteiger partial charge is 0.123 e. The van der Waals surface area contributed by atoms with E-state index in [-0.39, 0.29) is 0 Å². The van der Waals surface area contributed by atoms with E-state index in [4.69, 9.17) is 0 Å². The van der Waals surface area contributed by atoms with Crippen molar-refractivity contribution < 1.29 is 0 Å². The highest BCUT2D eigenvalue weighted by Crippen LogP contribution is 2.42. The monoisotopic (exact) mass is 205 g/mol. The van der Waals surface area contributed by atoms with Gasteiger partial charge >= 0.3 is 0 Å². The second-order valence-corrected chi connectivity index (χ2v) is 5.25. The molecule has 1 aliphatic carbocycles. The van der Waals surface area contributed by atoms with Gasteiger partial charge in [0, 0.05) is 17.3 Å². The summed E-state index contributed by atoms with van der Waals surface area (Å²) >= 11 is 0. The zero-order chi connectivity index (χ0) is 10.3. The van der Waals surface area contributed by atoms with Crippen molar-refractivity contribution in [2.24, 2.45) is 0 Å². The molecule has 1 aromatic heterocycles. The molecule has 2 N–H and O–H groups in total. The van der Waals surface area contributed by atoms with Crippen molar-refractivity contribution in [3.63, 3.8) is 0 Å². The Hall–Kier alpha value is -0.830. The summed E-state index contributed by atoms with van der Waals surface area (Å²) in [6, 6.07) is 0.474. The van der Waals surface area contributed by atoms with Crippen LogP contribution in [0.4, 0.5) is 0 Å². The van der Waals surface area contributed by atoms with Gasteiger partial charge in [-0.05, 0) is 32.2 Å². The Morgan fingerprint density at radius 2 is 2.27 bits per heavy atom. The molecule has 1 atom stereocenters. The van der Waals surface area contributed by atoms with Crippen molar-refractivity contribution in [2.45, 2.75) is 50.5 Å². The Balaban J connectivity index is 1.80. The Labute approximate surface area is 90.7 Å². The molecule has 3 heteroatoms. The standard InChI is InChI=1S/C12H19N3/c1-12(5-3-6-12)10-8-14-11(15-10)9-4-2-7-13-9/h8-9,13H,2-7H2,1H3,(H,14,15). The fourth-order valence-corrected chi connectivity index (χ4v) is 2.71. The number of imidazole rings is 1. The van der Waals surface area contributed by atoms with Gasteiger partial charge in [-0.2, -0.15) is 0 Å². The maximum Gasteiger partial charge on any atom is 0.123 e. The van der Waals surface area contributed by atoms with E-state index in [9.17, 15) is 0 Å². The number of aromatic amines is 1. The van der Waals surface area contributed by atoms with E-state index >= 15 is 0 Å². The van der Waals surface area contributed by atoms with Crippen LogP contribution in [0.25, 0.3) is 0 Å². The van der Waals surface area contributed by atoms with E-state index < -0.39 is 0 Å². The molecule has 1 unspecified atom stereocenters. The lowest BCUT2D eigenvalue weighted by atomic mass is 9.68. The zero-order valence-electron chi connectivity index (χ0n) is 9.34. The van der Waals surface area contributed by atoms with Crippen molar-refractivity contribution in [1.29, 1.82) is 0 Å². The number of rotatable bonds is 2. The summed E-state index contributed by atoms with van der Waals surface area (Å²) < 4.78 is 0. The highest BCUT2D eigenvalue weighted by molar-refractivity contribution is 5.19. The SMILES string of the molecule is CC1(c2cnc(C3CCCN3)[nH]2)CCC1. The summed E-state index contributed by atoms with van der Waals surface area (Å²) in [6.07, 6.45) is 8.54. The first-order valence-electron chi connectivity index (χ1n) is 6.07. The van der Waals surface area contributed by atoms with Gasteiger partial charge < -0.3 is 10.3 Å². The largest absolute Gasteiger partial charge is 0.344 e. The third-order valence-corrected chi connectivity index (χ3v) is 4.09. The van der Waals surface area contributed by atoms with Gasteiger partial charge in [0.05, 0.1) is 6.04 Å². The van der Waals surface area contributed by atoms with Gasteiger partial charge in [-0.15, -0.1) is 0 Å². The fraction of sp³-hybridized carbons (Fsp3) is 0.750. The summed E-state index contributed by atoms with van der Waals surface area (Å²) in [6.45, 7) is 3.48. The van der Waals surface area contributed by atoms with Crippen molar-refractivity contribution >= 4 is 0 Å². The summed E-state index contributed by atoms with van der Waals surface area (Å²) in [7, 11) is 0. The normalized spacial score (nSPS) is 29.0. The van der Waals surface area contributed by atoms with Crippen molar-refractivity contribution in [1.82, 2.24) is 15.3 Å². The van der Waals surface area contributed by atoms with Gasteiger partial charge in [0.15, 0.2) is 0 Å². The second-order valence-electron chi connectivity index (χ2n) is 5.25. The Morgan fingerprint density at radius 1 is 1.40 bits per heavy atom. The first-order valence-corrected chi connectivity index (χ1v) is 6.07. The molecule has 1 saturated carbocycles. The van der Waals surface area contributed by atoms with Crippen LogP contribution in [0.15, 0.2) is 6.20 Å². The summed E-state index contributed by atoms with van der Waals surface area (Å²) in [4.78, 5) is 8.05. The minimum atomic E-state index is 0.393. The number of hydrogen-bond donors (Lipinski definition) is 2. The van der Waals surface area contributed by atoms with Gasteiger partial charge in [0.2, 0.25) is 0 Å². The molecule has 0 spiro atoms. The van der Waals surface area contributed by atoms with E-state index in [0.717, 1.165) is 12.4 Å². The number of nitrogens with one attached hydrogen (secondary N) is 2. The highest BCUT2D eigenvalue weighted by Gasteiger charge is 2.35. The van der Waals surface area contributed by atoms with Crippen LogP contribution in [0.1, 0.15) is 56.6 Å². The van der Waals surface area contributed by atoms with Gasteiger partial charge in [-0.1, -0.05) is 13.3 Å². The first kappa shape index (κ1) is 9.40. The molecular weight excluding hydrogens is 186 g/mol. The molecule has 0 radical (unpaired) electrons. The Morgan fingerprint density at radius 3 is 2.87 bits per heavy atom. The van der Waals surface area contributed by atoms with E-state index in [1.54, 1.807) is 0 Å². The van der Waals surface area contributed by atoms with Crippen LogP contribution in [0.5, 0.6) is 0 Å². The minimum absolute atomic E-state index is 0.393. The zero-order valence-corrected chi connectivity index (χ0v) is 9.34. The predicted octanol–water partition coefficient (Wildman–Crippen LogP) is 2.28. The van der Waals surface area contributed by atoms with E-state index in [0.29, 0.717) is 11.5 Å². The first-order chi connectivity index (χ1) is 7.28. The van der Waals surface area contributed by atoms with Gasteiger partial charge in [-0.25, -0.2) is 4.98 Å². The van der Waals surface area contributed by atoms with Gasteiger partial charge in [0.25, 0.3) is 0 Å². The lowest BCUT2D eigenvalue weighted by Crippen LogP contribution is -2.30. The van der Waals surface area contributed by atoms with Crippen LogP contribution in [0.3, 0.4) is 0 Å². The molecule has 2 aliphatic rings. The molecule has 2 fully saturated rings. The molecule has 1 saturated heterocycles. The second kappa shape index (κ2) is 3.34. The lowest BCUT2D eigenvalue weighted by Gasteiger charge is -2.37. The van der Waals surface area contributed by atoms with Crippen LogP contribution in [-0.2, 0) is 5.41 Å². The molecule has 3 nitrogen and oxygen atoms in total. The molecule has 1 aromatic rings. The van der Waals surface area contributed by atoms with Crippen LogP contribution in [-0.4, -0.2) is 16.5 Å². The quantitative estimate of drug-likeness (QED) is 0.777. The number of hydrogen-bond acceptors (Lipinski definition) is 2. The van der Waals surface area contributed by atoms with Gasteiger partial charge in [0.1, 0.15) is 5.82 Å². The van der Waals surface area contributed by atoms with E-state index in [1.807, 2.05) is 0 Å². The maximum atomic E-state index is 4.53. The summed E-state index contributed by atoms with van der Waals surface area (Å²) in [5.74, 6) is 1.15. The summed E-state index contributed by atoms with van der Waals surface area (Å²) in [5, 5.41) is 3.48. The highest BCUT2D eigenvalue weighted by atomic mass is 15.0.